The Morgan fingerprint density at radius 2 is 1.65 bits per heavy atom. The number of benzene rings is 3. The summed E-state index contributed by atoms with van der Waals surface area (Å²) in [6.45, 7) is 1.76. The number of carbonyl (C=O) groups is 3. The molecule has 0 unspecified atom stereocenters. The minimum Gasteiger partial charge on any atom is -0.497 e. The Morgan fingerprint density at radius 1 is 0.941 bits per heavy atom. The van der Waals surface area contributed by atoms with Crippen LogP contribution in [0.5, 0.6) is 17.2 Å². The highest BCUT2D eigenvalue weighted by molar-refractivity contribution is 6.15. The van der Waals surface area contributed by atoms with Gasteiger partial charge in [0.15, 0.2) is 5.76 Å². The zero-order valence-electron chi connectivity index (χ0n) is 18.9. The maximum atomic E-state index is 12.9. The number of ether oxygens (including phenoxy) is 4. The molecule has 3 aromatic rings. The van der Waals surface area contributed by atoms with Crippen LogP contribution in [0, 0.1) is 6.92 Å². The fourth-order valence-electron chi connectivity index (χ4n) is 3.60. The molecule has 7 nitrogen and oxygen atoms in total. The number of ketones is 1. The van der Waals surface area contributed by atoms with Gasteiger partial charge < -0.3 is 18.9 Å². The number of methoxy groups -OCH3 is 2. The quantitative estimate of drug-likeness (QED) is 0.304. The first-order chi connectivity index (χ1) is 16.4. The lowest BCUT2D eigenvalue weighted by molar-refractivity contribution is -0.133. The number of carbonyl (C=O) groups excluding carboxylic acids is 3. The number of aryl methyl sites for hydroxylation is 1. The van der Waals surface area contributed by atoms with E-state index in [4.69, 9.17) is 14.2 Å². The predicted molar refractivity (Wildman–Crippen MR) is 124 cm³/mol. The van der Waals surface area contributed by atoms with Crippen LogP contribution in [-0.2, 0) is 16.0 Å². The van der Waals surface area contributed by atoms with Gasteiger partial charge in [0, 0.05) is 6.07 Å². The molecule has 1 aliphatic heterocycles. The van der Waals surface area contributed by atoms with Crippen LogP contribution >= 0.6 is 0 Å². The van der Waals surface area contributed by atoms with Crippen LogP contribution in [0.1, 0.15) is 37.4 Å². The van der Waals surface area contributed by atoms with Gasteiger partial charge in [-0.25, -0.2) is 4.79 Å². The molecule has 1 heterocycles. The van der Waals surface area contributed by atoms with Gasteiger partial charge in [0.2, 0.25) is 5.78 Å². The van der Waals surface area contributed by atoms with Crippen molar-refractivity contribution in [2.24, 2.45) is 0 Å². The van der Waals surface area contributed by atoms with E-state index in [2.05, 4.69) is 4.74 Å². The van der Waals surface area contributed by atoms with Crippen molar-refractivity contribution in [1.29, 1.82) is 0 Å². The Balaban J connectivity index is 1.49. The summed E-state index contributed by atoms with van der Waals surface area (Å²) >= 11 is 0. The lowest BCUT2D eigenvalue weighted by Gasteiger charge is -2.08. The summed E-state index contributed by atoms with van der Waals surface area (Å²) in [5.74, 6) is 0.337. The molecule has 3 aromatic carbocycles. The molecule has 0 saturated carbocycles. The third-order valence-corrected chi connectivity index (χ3v) is 5.31. The first-order valence-electron chi connectivity index (χ1n) is 10.5. The Kier molecular flexibility index (Phi) is 6.45. The van der Waals surface area contributed by atoms with Crippen LogP contribution in [0.3, 0.4) is 0 Å². The van der Waals surface area contributed by atoms with Crippen LogP contribution in [0.15, 0.2) is 66.4 Å². The van der Waals surface area contributed by atoms with E-state index in [-0.39, 0.29) is 18.0 Å². The summed E-state index contributed by atoms with van der Waals surface area (Å²) in [7, 11) is 2.89. The summed E-state index contributed by atoms with van der Waals surface area (Å²) in [6, 6.07) is 16.9. The molecule has 0 fully saturated rings. The summed E-state index contributed by atoms with van der Waals surface area (Å²) in [4.78, 5) is 36.9. The van der Waals surface area contributed by atoms with Crippen molar-refractivity contribution < 1.29 is 33.3 Å². The Bertz CT molecular complexity index is 1290. The van der Waals surface area contributed by atoms with E-state index in [0.29, 0.717) is 39.5 Å². The van der Waals surface area contributed by atoms with E-state index >= 15 is 0 Å². The van der Waals surface area contributed by atoms with Crippen LogP contribution in [0.4, 0.5) is 0 Å². The predicted octanol–water partition coefficient (Wildman–Crippen LogP) is 4.55. The van der Waals surface area contributed by atoms with Crippen molar-refractivity contribution in [1.82, 2.24) is 0 Å². The van der Waals surface area contributed by atoms with Gasteiger partial charge in [0.05, 0.1) is 31.8 Å². The first-order valence-corrected chi connectivity index (χ1v) is 10.5. The average Bonchev–Trinajstić information content (AvgIpc) is 3.14. The Labute approximate surface area is 196 Å². The molecular formula is C27H22O7. The molecule has 0 N–H and O–H groups in total. The van der Waals surface area contributed by atoms with Gasteiger partial charge in [-0.05, 0) is 60.0 Å². The average molecular weight is 458 g/mol. The first kappa shape index (κ1) is 22.8. The number of rotatable bonds is 6. The summed E-state index contributed by atoms with van der Waals surface area (Å²) in [5.41, 5.74) is 2.95. The molecule has 0 atom stereocenters. The molecule has 0 aliphatic carbocycles. The third-order valence-electron chi connectivity index (χ3n) is 5.31. The summed E-state index contributed by atoms with van der Waals surface area (Å²) in [5, 5.41) is 0. The van der Waals surface area contributed by atoms with Crippen LogP contribution in [-0.4, -0.2) is 31.9 Å². The molecule has 34 heavy (non-hydrogen) atoms. The maximum absolute atomic E-state index is 12.9. The van der Waals surface area contributed by atoms with Gasteiger partial charge in [0.25, 0.3) is 0 Å². The number of allylic oxidation sites excluding steroid dienone is 1. The van der Waals surface area contributed by atoms with Gasteiger partial charge in [-0.2, -0.15) is 0 Å². The fraction of sp³-hybridized carbons (Fsp3) is 0.148. The minimum atomic E-state index is -0.440. The van der Waals surface area contributed by atoms with Crippen molar-refractivity contribution in [2.45, 2.75) is 13.3 Å². The molecule has 7 heteroatoms. The van der Waals surface area contributed by atoms with Crippen molar-refractivity contribution in [3.05, 3.63) is 94.2 Å². The second-order valence-electron chi connectivity index (χ2n) is 7.67. The van der Waals surface area contributed by atoms with E-state index in [1.165, 1.54) is 13.2 Å². The van der Waals surface area contributed by atoms with Gasteiger partial charge in [-0.1, -0.05) is 24.3 Å². The van der Waals surface area contributed by atoms with Gasteiger partial charge in [-0.15, -0.1) is 0 Å². The molecule has 0 radical (unpaired) electrons. The zero-order chi connectivity index (χ0) is 24.2. The van der Waals surface area contributed by atoms with Crippen LogP contribution < -0.4 is 14.2 Å². The SMILES string of the molecule is COC(=O)c1ccc(/C=C2\Oc3cc(OC(=O)Cc4ccc(OC)cc4)cc(C)c3C2=O)cc1. The lowest BCUT2D eigenvalue weighted by atomic mass is 10.0. The highest BCUT2D eigenvalue weighted by atomic mass is 16.5. The molecule has 0 spiro atoms. The zero-order valence-corrected chi connectivity index (χ0v) is 18.9. The largest absolute Gasteiger partial charge is 0.497 e. The molecular weight excluding hydrogens is 436 g/mol. The van der Waals surface area contributed by atoms with Crippen molar-refractivity contribution in [2.75, 3.05) is 14.2 Å². The molecule has 0 amide bonds. The van der Waals surface area contributed by atoms with Crippen molar-refractivity contribution >= 4 is 23.8 Å². The summed E-state index contributed by atoms with van der Waals surface area (Å²) < 4.78 is 21.1. The normalized spacial score (nSPS) is 13.3. The van der Waals surface area contributed by atoms with E-state index in [1.807, 2.05) is 0 Å². The monoisotopic (exact) mass is 458 g/mol. The molecule has 0 bridgehead atoms. The maximum Gasteiger partial charge on any atom is 0.337 e. The number of Topliss-reactive ketones (excluding diaryl/α,β-unsaturated/α-hetero) is 1. The van der Waals surface area contributed by atoms with Crippen molar-refractivity contribution in [3.63, 3.8) is 0 Å². The van der Waals surface area contributed by atoms with Crippen LogP contribution in [0.2, 0.25) is 0 Å². The lowest BCUT2D eigenvalue weighted by Crippen LogP contribution is -2.11. The van der Waals surface area contributed by atoms with Gasteiger partial charge >= 0.3 is 11.9 Å². The number of hydrogen-bond donors (Lipinski definition) is 0. The van der Waals surface area contributed by atoms with Gasteiger partial charge in [-0.3, -0.25) is 9.59 Å². The second-order valence-corrected chi connectivity index (χ2v) is 7.67. The summed E-state index contributed by atoms with van der Waals surface area (Å²) in [6.07, 6.45) is 1.69. The number of hydrogen-bond acceptors (Lipinski definition) is 7. The Hall–Kier alpha value is -4.39. The van der Waals surface area contributed by atoms with E-state index in [0.717, 1.165) is 5.56 Å². The van der Waals surface area contributed by atoms with E-state index in [1.54, 1.807) is 74.7 Å². The smallest absolute Gasteiger partial charge is 0.337 e. The molecule has 1 aliphatic rings. The highest BCUT2D eigenvalue weighted by Crippen LogP contribution is 2.37. The van der Waals surface area contributed by atoms with E-state index in [9.17, 15) is 14.4 Å². The topological polar surface area (TPSA) is 88.1 Å². The second kappa shape index (κ2) is 9.62. The molecule has 0 saturated heterocycles. The van der Waals surface area contributed by atoms with Gasteiger partial charge in [0.1, 0.15) is 17.2 Å². The highest BCUT2D eigenvalue weighted by Gasteiger charge is 2.30. The van der Waals surface area contributed by atoms with E-state index < -0.39 is 11.9 Å². The third kappa shape index (κ3) is 4.83. The molecule has 172 valence electrons. The number of fused-ring (bicyclic) bond motifs is 1. The number of esters is 2. The fourth-order valence-corrected chi connectivity index (χ4v) is 3.60. The van der Waals surface area contributed by atoms with Crippen LogP contribution in [0.25, 0.3) is 6.08 Å². The van der Waals surface area contributed by atoms with Crippen molar-refractivity contribution in [3.8, 4) is 17.2 Å². The standard InChI is InChI=1S/C27H22O7/c1-16-12-21(33-24(28)14-18-6-10-20(31-2)11-7-18)15-22-25(16)26(29)23(34-22)13-17-4-8-19(9-5-17)27(30)32-3/h4-13,15H,14H2,1-3H3/b23-13-. The molecule has 4 rings (SSSR count). The molecule has 0 aromatic heterocycles. The minimum absolute atomic E-state index is 0.0899. The Morgan fingerprint density at radius 3 is 2.29 bits per heavy atom.